The van der Waals surface area contributed by atoms with E-state index in [-0.39, 0.29) is 12.4 Å². The number of ether oxygens (including phenoxy) is 3. The van der Waals surface area contributed by atoms with Crippen LogP contribution in [0.15, 0.2) is 24.3 Å². The SMILES string of the molecule is CCC(C)(C)C(=O)Oc1ccc(C(OC(C)OCCC2CCCCC2)(C(F)(F)F)C(F)(F)F)cc1. The van der Waals surface area contributed by atoms with Gasteiger partial charge < -0.3 is 14.2 Å². The van der Waals surface area contributed by atoms with Crippen LogP contribution in [0.25, 0.3) is 0 Å². The molecule has 1 saturated carbocycles. The molecule has 1 fully saturated rings. The van der Waals surface area contributed by atoms with Crippen molar-refractivity contribution in [2.24, 2.45) is 11.3 Å². The number of carbonyl (C=O) groups excluding carboxylic acids is 1. The number of halogens is 6. The first kappa shape index (κ1) is 29.4. The van der Waals surface area contributed by atoms with Gasteiger partial charge in [0.15, 0.2) is 6.29 Å². The standard InChI is InChI=1S/C25H34F6O4/c1-5-22(3,4)21(32)34-20-13-11-19(12-14-20)23(24(26,27)28,25(29,30)31)35-17(2)33-16-15-18-9-7-6-8-10-18/h11-14,17-18H,5-10,15-16H2,1-4H3. The van der Waals surface area contributed by atoms with Gasteiger partial charge in [-0.05, 0) is 51.7 Å². The highest BCUT2D eigenvalue weighted by atomic mass is 19.4. The van der Waals surface area contributed by atoms with Crippen molar-refractivity contribution in [3.63, 3.8) is 0 Å². The van der Waals surface area contributed by atoms with Crippen LogP contribution in [0.4, 0.5) is 26.3 Å². The Morgan fingerprint density at radius 1 is 0.971 bits per heavy atom. The van der Waals surface area contributed by atoms with Crippen molar-refractivity contribution in [2.45, 2.75) is 96.9 Å². The molecule has 0 heterocycles. The lowest BCUT2D eigenvalue weighted by Gasteiger charge is -2.39. The molecule has 0 saturated heterocycles. The molecule has 10 heteroatoms. The third kappa shape index (κ3) is 7.12. The first-order chi connectivity index (χ1) is 16.1. The Hall–Kier alpha value is -1.81. The fourth-order valence-corrected chi connectivity index (χ4v) is 4.00. The highest BCUT2D eigenvalue weighted by molar-refractivity contribution is 5.78. The quantitative estimate of drug-likeness (QED) is 0.139. The molecular weight excluding hydrogens is 478 g/mol. The molecule has 0 radical (unpaired) electrons. The smallest absolute Gasteiger partial charge is 0.426 e. The number of hydrogen-bond acceptors (Lipinski definition) is 4. The van der Waals surface area contributed by atoms with Crippen LogP contribution in [0.3, 0.4) is 0 Å². The summed E-state index contributed by atoms with van der Waals surface area (Å²) in [5.74, 6) is -0.476. The molecule has 0 N–H and O–H groups in total. The van der Waals surface area contributed by atoms with E-state index in [1.807, 2.05) is 0 Å². The zero-order valence-electron chi connectivity index (χ0n) is 20.5. The van der Waals surface area contributed by atoms with Gasteiger partial charge in [-0.1, -0.05) is 51.2 Å². The Balaban J connectivity index is 2.24. The van der Waals surface area contributed by atoms with Crippen molar-refractivity contribution in [3.8, 4) is 5.75 Å². The highest BCUT2D eigenvalue weighted by Gasteiger charge is 2.74. The minimum Gasteiger partial charge on any atom is -0.426 e. The monoisotopic (exact) mass is 512 g/mol. The van der Waals surface area contributed by atoms with Crippen molar-refractivity contribution in [1.82, 2.24) is 0 Å². The first-order valence-electron chi connectivity index (χ1n) is 11.9. The Kier molecular flexibility index (Phi) is 9.66. The van der Waals surface area contributed by atoms with Gasteiger partial charge in [-0.2, -0.15) is 26.3 Å². The molecule has 1 atom stereocenters. The molecule has 0 spiro atoms. The zero-order valence-corrected chi connectivity index (χ0v) is 20.5. The van der Waals surface area contributed by atoms with E-state index in [4.69, 9.17) is 9.47 Å². The molecule has 0 aliphatic heterocycles. The van der Waals surface area contributed by atoms with Crippen molar-refractivity contribution >= 4 is 5.97 Å². The van der Waals surface area contributed by atoms with Gasteiger partial charge in [-0.15, -0.1) is 0 Å². The summed E-state index contributed by atoms with van der Waals surface area (Å²) in [5.41, 5.74) is -6.67. The van der Waals surface area contributed by atoms with Gasteiger partial charge in [-0.3, -0.25) is 4.79 Å². The van der Waals surface area contributed by atoms with E-state index in [2.05, 4.69) is 4.74 Å². The molecule has 0 aromatic heterocycles. The first-order valence-corrected chi connectivity index (χ1v) is 11.9. The Morgan fingerprint density at radius 2 is 1.51 bits per heavy atom. The fraction of sp³-hybridized carbons (Fsp3) is 0.720. The topological polar surface area (TPSA) is 44.8 Å². The molecule has 0 amide bonds. The molecule has 4 nitrogen and oxygen atoms in total. The van der Waals surface area contributed by atoms with Crippen LogP contribution < -0.4 is 4.74 Å². The van der Waals surface area contributed by atoms with E-state index in [9.17, 15) is 31.1 Å². The molecule has 1 aromatic rings. The molecule has 1 unspecified atom stereocenters. The van der Waals surface area contributed by atoms with Crippen molar-refractivity contribution in [3.05, 3.63) is 29.8 Å². The predicted molar refractivity (Wildman–Crippen MR) is 118 cm³/mol. The average molecular weight is 513 g/mol. The summed E-state index contributed by atoms with van der Waals surface area (Å²) >= 11 is 0. The minimum atomic E-state index is -5.84. The molecule has 1 aromatic carbocycles. The number of esters is 1. The molecule has 0 bridgehead atoms. The lowest BCUT2D eigenvalue weighted by molar-refractivity contribution is -0.415. The molecule has 35 heavy (non-hydrogen) atoms. The van der Waals surface area contributed by atoms with Gasteiger partial charge in [0.1, 0.15) is 5.75 Å². The van der Waals surface area contributed by atoms with Gasteiger partial charge in [0.05, 0.1) is 5.41 Å². The van der Waals surface area contributed by atoms with Crippen LogP contribution in [0.1, 0.15) is 78.2 Å². The largest absolute Gasteiger partial charge is 0.430 e. The van der Waals surface area contributed by atoms with Crippen molar-refractivity contribution < 1.29 is 45.3 Å². The summed E-state index contributed by atoms with van der Waals surface area (Å²) in [4.78, 5) is 12.2. The normalized spacial score (nSPS) is 17.3. The van der Waals surface area contributed by atoms with Gasteiger partial charge in [0, 0.05) is 12.2 Å². The number of rotatable bonds is 10. The second-order valence-electron chi connectivity index (χ2n) is 9.68. The number of alkyl halides is 6. The van der Waals surface area contributed by atoms with E-state index >= 15 is 0 Å². The third-order valence-electron chi connectivity index (χ3n) is 6.65. The molecule has 1 aliphatic rings. The lowest BCUT2D eigenvalue weighted by Crippen LogP contribution is -2.57. The highest BCUT2D eigenvalue weighted by Crippen LogP contribution is 2.53. The fourth-order valence-electron chi connectivity index (χ4n) is 4.00. The second-order valence-corrected chi connectivity index (χ2v) is 9.68. The molecule has 200 valence electrons. The Bertz CT molecular complexity index is 797. The van der Waals surface area contributed by atoms with E-state index in [1.54, 1.807) is 20.8 Å². The maximum atomic E-state index is 14.1. The molecular formula is C25H34F6O4. The van der Waals surface area contributed by atoms with Gasteiger partial charge in [0.2, 0.25) is 0 Å². The summed E-state index contributed by atoms with van der Waals surface area (Å²) < 4.78 is 99.4. The van der Waals surface area contributed by atoms with Crippen LogP contribution in [-0.4, -0.2) is 31.2 Å². The number of benzene rings is 1. The van der Waals surface area contributed by atoms with Crippen molar-refractivity contribution in [1.29, 1.82) is 0 Å². The molecule has 2 rings (SSSR count). The number of hydrogen-bond donors (Lipinski definition) is 0. The average Bonchev–Trinajstić information content (AvgIpc) is 2.77. The summed E-state index contributed by atoms with van der Waals surface area (Å²) in [5, 5.41) is 0. The minimum absolute atomic E-state index is 0.000267. The third-order valence-corrected chi connectivity index (χ3v) is 6.65. The van der Waals surface area contributed by atoms with Crippen LogP contribution in [0.2, 0.25) is 0 Å². The van der Waals surface area contributed by atoms with Crippen LogP contribution >= 0.6 is 0 Å². The summed E-state index contributed by atoms with van der Waals surface area (Å²) in [6.07, 6.45) is -7.28. The van der Waals surface area contributed by atoms with E-state index < -0.39 is 41.2 Å². The van der Waals surface area contributed by atoms with E-state index in [0.717, 1.165) is 51.2 Å². The van der Waals surface area contributed by atoms with Crippen LogP contribution in [0, 0.1) is 11.3 Å². The van der Waals surface area contributed by atoms with E-state index in [1.165, 1.54) is 0 Å². The van der Waals surface area contributed by atoms with Crippen LogP contribution in [0.5, 0.6) is 5.75 Å². The summed E-state index contributed by atoms with van der Waals surface area (Å²) in [6, 6.07) is 3.00. The zero-order chi connectivity index (χ0) is 26.5. The number of carbonyl (C=O) groups is 1. The van der Waals surface area contributed by atoms with Gasteiger partial charge in [0.25, 0.3) is 5.60 Å². The lowest BCUT2D eigenvalue weighted by atomic mass is 9.87. The van der Waals surface area contributed by atoms with Gasteiger partial charge >= 0.3 is 18.3 Å². The summed E-state index contributed by atoms with van der Waals surface area (Å²) in [6.45, 7) is 6.01. The van der Waals surface area contributed by atoms with Crippen LogP contribution in [-0.2, 0) is 19.9 Å². The van der Waals surface area contributed by atoms with Crippen molar-refractivity contribution in [2.75, 3.05) is 6.61 Å². The predicted octanol–water partition coefficient (Wildman–Crippen LogP) is 7.70. The Morgan fingerprint density at radius 3 is 2.00 bits per heavy atom. The molecule has 1 aliphatic carbocycles. The van der Waals surface area contributed by atoms with E-state index in [0.29, 0.717) is 30.9 Å². The maximum Gasteiger partial charge on any atom is 0.430 e. The second kappa shape index (κ2) is 11.5. The maximum absolute atomic E-state index is 14.1. The Labute approximate surface area is 202 Å². The van der Waals surface area contributed by atoms with Gasteiger partial charge in [-0.25, -0.2) is 0 Å². The summed E-state index contributed by atoms with van der Waals surface area (Å²) in [7, 11) is 0.